The first kappa shape index (κ1) is 17.0. The molecule has 2 N–H and O–H groups in total. The van der Waals surface area contributed by atoms with Crippen LogP contribution in [0, 0.1) is 6.92 Å². The van der Waals surface area contributed by atoms with Gasteiger partial charge in [-0.25, -0.2) is 4.79 Å². The van der Waals surface area contributed by atoms with Gasteiger partial charge in [-0.1, -0.05) is 16.8 Å². The van der Waals surface area contributed by atoms with Gasteiger partial charge in [0.15, 0.2) is 5.82 Å². The molecule has 7 nitrogen and oxygen atoms in total. The molecule has 2 amide bonds. The summed E-state index contributed by atoms with van der Waals surface area (Å²) in [7, 11) is 0. The molecule has 0 radical (unpaired) electrons. The minimum Gasteiger partial charge on any atom is -0.492 e. The van der Waals surface area contributed by atoms with Crippen molar-refractivity contribution >= 4 is 29.1 Å². The molecule has 0 atom stereocenters. The predicted molar refractivity (Wildman–Crippen MR) is 87.7 cm³/mol. The third kappa shape index (κ3) is 4.53. The first-order chi connectivity index (χ1) is 11.0. The second kappa shape index (κ2) is 7.73. The fraction of sp³-hybridized carbons (Fsp3) is 0.333. The number of rotatable bonds is 6. The van der Waals surface area contributed by atoms with Gasteiger partial charge in [0, 0.05) is 12.1 Å². The number of carbonyl (C=O) groups excluding carboxylic acids is 1. The number of aryl methyl sites for hydroxylation is 1. The number of halogens is 1. The van der Waals surface area contributed by atoms with Crippen LogP contribution in [0.4, 0.5) is 16.3 Å². The predicted octanol–water partition coefficient (Wildman–Crippen LogP) is 4.08. The zero-order chi connectivity index (χ0) is 16.8. The number of hydrogen-bond acceptors (Lipinski definition) is 5. The molecule has 1 heterocycles. The number of urea groups is 1. The summed E-state index contributed by atoms with van der Waals surface area (Å²) in [6, 6.07) is 4.34. The van der Waals surface area contributed by atoms with Gasteiger partial charge in [0.25, 0.3) is 0 Å². The zero-order valence-electron chi connectivity index (χ0n) is 13.1. The van der Waals surface area contributed by atoms with Crippen molar-refractivity contribution in [1.82, 2.24) is 5.16 Å². The molecule has 0 saturated carbocycles. The Hall–Kier alpha value is -2.41. The van der Waals surface area contributed by atoms with Gasteiger partial charge in [0.2, 0.25) is 0 Å². The van der Waals surface area contributed by atoms with Crippen molar-refractivity contribution in [3.05, 3.63) is 29.0 Å². The van der Waals surface area contributed by atoms with Gasteiger partial charge in [-0.15, -0.1) is 0 Å². The van der Waals surface area contributed by atoms with E-state index in [-0.39, 0.29) is 0 Å². The van der Waals surface area contributed by atoms with Crippen LogP contribution in [0.3, 0.4) is 0 Å². The fourth-order valence-electron chi connectivity index (χ4n) is 1.87. The normalized spacial score (nSPS) is 10.3. The molecular formula is C15H18ClN3O4. The van der Waals surface area contributed by atoms with Crippen LogP contribution in [-0.4, -0.2) is 24.4 Å². The van der Waals surface area contributed by atoms with E-state index < -0.39 is 6.03 Å². The molecule has 0 aliphatic heterocycles. The lowest BCUT2D eigenvalue weighted by molar-refractivity contribution is 0.261. The molecule has 23 heavy (non-hydrogen) atoms. The Labute approximate surface area is 138 Å². The first-order valence-electron chi connectivity index (χ1n) is 7.14. The van der Waals surface area contributed by atoms with Crippen molar-refractivity contribution < 1.29 is 18.8 Å². The molecule has 0 saturated heterocycles. The van der Waals surface area contributed by atoms with E-state index in [0.29, 0.717) is 47.0 Å². The maximum Gasteiger partial charge on any atom is 0.325 e. The van der Waals surface area contributed by atoms with Crippen molar-refractivity contribution in [1.29, 1.82) is 0 Å². The van der Waals surface area contributed by atoms with Crippen LogP contribution in [0.15, 0.2) is 22.7 Å². The number of ether oxygens (including phenoxy) is 2. The molecule has 124 valence electrons. The lowest BCUT2D eigenvalue weighted by Gasteiger charge is -2.14. The number of nitrogens with one attached hydrogen (secondary N) is 2. The average Bonchev–Trinajstić information content (AvgIpc) is 2.89. The maximum absolute atomic E-state index is 12.0. The monoisotopic (exact) mass is 339 g/mol. The first-order valence-corrected chi connectivity index (χ1v) is 7.51. The van der Waals surface area contributed by atoms with Crippen molar-refractivity contribution in [2.24, 2.45) is 0 Å². The Balaban J connectivity index is 2.16. The molecule has 0 spiro atoms. The van der Waals surface area contributed by atoms with E-state index in [1.165, 1.54) is 0 Å². The topological polar surface area (TPSA) is 85.6 Å². The van der Waals surface area contributed by atoms with Crippen LogP contribution in [0.2, 0.25) is 5.02 Å². The molecule has 0 aliphatic rings. The van der Waals surface area contributed by atoms with Gasteiger partial charge < -0.3 is 19.3 Å². The van der Waals surface area contributed by atoms with Crippen LogP contribution in [-0.2, 0) is 0 Å². The van der Waals surface area contributed by atoms with Gasteiger partial charge in [-0.3, -0.25) is 5.32 Å². The lowest BCUT2D eigenvalue weighted by Crippen LogP contribution is -2.20. The molecule has 2 aromatic rings. The van der Waals surface area contributed by atoms with Gasteiger partial charge in [-0.2, -0.15) is 0 Å². The van der Waals surface area contributed by atoms with Crippen LogP contribution in [0.25, 0.3) is 0 Å². The summed E-state index contributed by atoms with van der Waals surface area (Å²) in [4.78, 5) is 12.0. The highest BCUT2D eigenvalue weighted by Crippen LogP contribution is 2.36. The van der Waals surface area contributed by atoms with Gasteiger partial charge in [0.1, 0.15) is 17.3 Å². The molecule has 0 aliphatic carbocycles. The van der Waals surface area contributed by atoms with E-state index in [2.05, 4.69) is 15.8 Å². The van der Waals surface area contributed by atoms with Gasteiger partial charge >= 0.3 is 6.03 Å². The van der Waals surface area contributed by atoms with Gasteiger partial charge in [0.05, 0.1) is 23.9 Å². The third-order valence-electron chi connectivity index (χ3n) is 2.75. The summed E-state index contributed by atoms with van der Waals surface area (Å²) in [6.07, 6.45) is 0. The van der Waals surface area contributed by atoms with E-state index >= 15 is 0 Å². The second-order valence-electron chi connectivity index (χ2n) is 4.55. The smallest absolute Gasteiger partial charge is 0.325 e. The Bertz CT molecular complexity index is 687. The summed E-state index contributed by atoms with van der Waals surface area (Å²) < 4.78 is 15.8. The molecule has 1 aromatic heterocycles. The summed E-state index contributed by atoms with van der Waals surface area (Å²) >= 11 is 6.15. The van der Waals surface area contributed by atoms with E-state index in [1.807, 2.05) is 13.8 Å². The van der Waals surface area contributed by atoms with Crippen molar-refractivity contribution in [2.45, 2.75) is 20.8 Å². The Morgan fingerprint density at radius 1 is 1.17 bits per heavy atom. The Kier molecular flexibility index (Phi) is 5.70. The maximum atomic E-state index is 12.0. The molecule has 8 heteroatoms. The van der Waals surface area contributed by atoms with Crippen LogP contribution in [0.5, 0.6) is 11.5 Å². The molecule has 0 bridgehead atoms. The number of hydrogen-bond donors (Lipinski definition) is 2. The average molecular weight is 340 g/mol. The minimum absolute atomic E-state index is 0.315. The Morgan fingerprint density at radius 3 is 2.48 bits per heavy atom. The summed E-state index contributed by atoms with van der Waals surface area (Å²) in [5.41, 5.74) is 0.429. The highest BCUT2D eigenvalue weighted by Gasteiger charge is 2.14. The molecular weight excluding hydrogens is 322 g/mol. The van der Waals surface area contributed by atoms with Crippen molar-refractivity contribution in [3.8, 4) is 11.5 Å². The number of anilines is 2. The van der Waals surface area contributed by atoms with Gasteiger partial charge in [-0.05, 0) is 26.8 Å². The minimum atomic E-state index is -0.487. The molecule has 2 rings (SSSR count). The third-order valence-corrected chi connectivity index (χ3v) is 3.05. The second-order valence-corrected chi connectivity index (χ2v) is 4.95. The number of nitrogens with zero attached hydrogens (tertiary/aromatic N) is 1. The van der Waals surface area contributed by atoms with E-state index in [0.717, 1.165) is 0 Å². The van der Waals surface area contributed by atoms with E-state index in [4.69, 9.17) is 25.6 Å². The Morgan fingerprint density at radius 2 is 1.87 bits per heavy atom. The highest BCUT2D eigenvalue weighted by molar-refractivity contribution is 6.32. The highest BCUT2D eigenvalue weighted by atomic mass is 35.5. The standard InChI is InChI=1S/C15H18ClN3O4/c1-4-21-12-8-13(22-5-2)11(7-10(12)16)17-15(20)18-14-6-9(3)23-19-14/h6-8H,4-5H2,1-3H3,(H2,17,18,19,20). The lowest BCUT2D eigenvalue weighted by atomic mass is 10.2. The number of amides is 2. The molecule has 0 unspecified atom stereocenters. The van der Waals surface area contributed by atoms with Crippen molar-refractivity contribution in [2.75, 3.05) is 23.8 Å². The SMILES string of the molecule is CCOc1cc(OCC)c(NC(=O)Nc2cc(C)on2)cc1Cl. The van der Waals surface area contributed by atoms with Crippen molar-refractivity contribution in [3.63, 3.8) is 0 Å². The summed E-state index contributed by atoms with van der Waals surface area (Å²) in [6.45, 7) is 6.35. The summed E-state index contributed by atoms with van der Waals surface area (Å²) in [5, 5.41) is 9.29. The van der Waals surface area contributed by atoms with E-state index in [9.17, 15) is 4.79 Å². The van der Waals surface area contributed by atoms with E-state index in [1.54, 1.807) is 25.1 Å². The molecule has 0 fully saturated rings. The fourth-order valence-corrected chi connectivity index (χ4v) is 2.09. The van der Waals surface area contributed by atoms with Crippen LogP contribution in [0.1, 0.15) is 19.6 Å². The zero-order valence-corrected chi connectivity index (χ0v) is 13.9. The number of aromatic nitrogens is 1. The van der Waals surface area contributed by atoms with Crippen LogP contribution < -0.4 is 20.1 Å². The number of carbonyl (C=O) groups is 1. The summed E-state index contributed by atoms with van der Waals surface area (Å²) in [5.74, 6) is 1.87. The van der Waals surface area contributed by atoms with Crippen LogP contribution >= 0.6 is 11.6 Å². The number of benzene rings is 1. The quantitative estimate of drug-likeness (QED) is 0.828. The largest absolute Gasteiger partial charge is 0.492 e. The molecule has 1 aromatic carbocycles.